The smallest absolute Gasteiger partial charge is 0.115 e. The molecule has 2 aromatic rings. The van der Waals surface area contributed by atoms with Gasteiger partial charge in [0.05, 0.1) is 11.6 Å². The van der Waals surface area contributed by atoms with Gasteiger partial charge in [-0.05, 0) is 47.9 Å². The van der Waals surface area contributed by atoms with E-state index >= 15 is 0 Å². The standard InChI is InChI=1S/C16H13NO/c1-12-9-16(18)8-7-15(12)6-5-13-3-2-4-14(10-13)11-17/h2-10,18H,1H3/b6-5+. The largest absolute Gasteiger partial charge is 0.508 e. The molecule has 0 radical (unpaired) electrons. The van der Waals surface area contributed by atoms with Crippen molar-refractivity contribution in [2.45, 2.75) is 6.92 Å². The van der Waals surface area contributed by atoms with Gasteiger partial charge >= 0.3 is 0 Å². The monoisotopic (exact) mass is 235 g/mol. The number of aryl methyl sites for hydroxylation is 1. The molecule has 2 rings (SSSR count). The summed E-state index contributed by atoms with van der Waals surface area (Å²) in [5.41, 5.74) is 3.71. The maximum absolute atomic E-state index is 9.33. The van der Waals surface area contributed by atoms with E-state index in [1.807, 2.05) is 43.3 Å². The molecule has 1 N–H and O–H groups in total. The summed E-state index contributed by atoms with van der Waals surface area (Å²) in [4.78, 5) is 0. The van der Waals surface area contributed by atoms with Crippen LogP contribution in [0.1, 0.15) is 22.3 Å². The predicted octanol–water partition coefficient (Wildman–Crippen LogP) is 3.74. The number of aromatic hydroxyl groups is 1. The van der Waals surface area contributed by atoms with E-state index in [0.29, 0.717) is 5.56 Å². The van der Waals surface area contributed by atoms with Crippen molar-refractivity contribution in [1.82, 2.24) is 0 Å². The minimum Gasteiger partial charge on any atom is -0.508 e. The van der Waals surface area contributed by atoms with Crippen LogP contribution in [0.5, 0.6) is 5.75 Å². The molecule has 18 heavy (non-hydrogen) atoms. The molecule has 0 fully saturated rings. The first-order valence-corrected chi connectivity index (χ1v) is 5.67. The van der Waals surface area contributed by atoms with E-state index in [9.17, 15) is 5.11 Å². The first-order chi connectivity index (χ1) is 8.69. The Morgan fingerprint density at radius 3 is 2.67 bits per heavy atom. The zero-order chi connectivity index (χ0) is 13.0. The quantitative estimate of drug-likeness (QED) is 0.806. The molecule has 0 saturated heterocycles. The van der Waals surface area contributed by atoms with Gasteiger partial charge in [-0.3, -0.25) is 0 Å². The summed E-state index contributed by atoms with van der Waals surface area (Å²) in [6, 6.07) is 14.8. The van der Waals surface area contributed by atoms with E-state index in [0.717, 1.165) is 16.7 Å². The second-order valence-corrected chi connectivity index (χ2v) is 4.11. The lowest BCUT2D eigenvalue weighted by Crippen LogP contribution is -1.80. The fraction of sp³-hybridized carbons (Fsp3) is 0.0625. The van der Waals surface area contributed by atoms with Crippen LogP contribution in [0.15, 0.2) is 42.5 Å². The molecule has 88 valence electrons. The maximum atomic E-state index is 9.33. The van der Waals surface area contributed by atoms with Crippen LogP contribution >= 0.6 is 0 Å². The lowest BCUT2D eigenvalue weighted by Gasteiger charge is -2.01. The van der Waals surface area contributed by atoms with Crippen molar-refractivity contribution in [3.8, 4) is 11.8 Å². The van der Waals surface area contributed by atoms with E-state index in [-0.39, 0.29) is 5.75 Å². The molecule has 0 aromatic heterocycles. The maximum Gasteiger partial charge on any atom is 0.115 e. The first-order valence-electron chi connectivity index (χ1n) is 5.67. The minimum atomic E-state index is 0.274. The molecule has 0 aliphatic carbocycles. The van der Waals surface area contributed by atoms with Crippen LogP contribution in [0, 0.1) is 18.3 Å². The molecule has 2 heteroatoms. The highest BCUT2D eigenvalue weighted by Crippen LogP contribution is 2.18. The van der Waals surface area contributed by atoms with Crippen LogP contribution in [0.4, 0.5) is 0 Å². The van der Waals surface area contributed by atoms with E-state index in [4.69, 9.17) is 5.26 Å². The van der Waals surface area contributed by atoms with Gasteiger partial charge < -0.3 is 5.11 Å². The summed E-state index contributed by atoms with van der Waals surface area (Å²) < 4.78 is 0. The molecule has 0 atom stereocenters. The lowest BCUT2D eigenvalue weighted by atomic mass is 10.1. The van der Waals surface area contributed by atoms with Gasteiger partial charge in [-0.2, -0.15) is 5.26 Å². The van der Waals surface area contributed by atoms with Crippen LogP contribution in [0.25, 0.3) is 12.2 Å². The molecule has 0 bridgehead atoms. The second kappa shape index (κ2) is 5.20. The normalized spacial score (nSPS) is 10.4. The number of hydrogen-bond donors (Lipinski definition) is 1. The number of nitriles is 1. The molecule has 2 aromatic carbocycles. The lowest BCUT2D eigenvalue weighted by molar-refractivity contribution is 0.475. The molecule has 0 heterocycles. The molecule has 0 aliphatic rings. The first kappa shape index (κ1) is 11.9. The van der Waals surface area contributed by atoms with Gasteiger partial charge in [-0.25, -0.2) is 0 Å². The van der Waals surface area contributed by atoms with Gasteiger partial charge in [-0.15, -0.1) is 0 Å². The Bertz CT molecular complexity index is 636. The molecule has 0 amide bonds. The Morgan fingerprint density at radius 2 is 1.94 bits per heavy atom. The Labute approximate surface area is 106 Å². The number of phenolic OH excluding ortho intramolecular Hbond substituents is 1. The average Bonchev–Trinajstić information content (AvgIpc) is 2.38. The van der Waals surface area contributed by atoms with Gasteiger partial charge in [-0.1, -0.05) is 30.4 Å². The number of phenols is 1. The zero-order valence-electron chi connectivity index (χ0n) is 10.1. The third-order valence-corrected chi connectivity index (χ3v) is 2.72. The summed E-state index contributed by atoms with van der Waals surface area (Å²) in [7, 11) is 0. The van der Waals surface area contributed by atoms with Crippen LogP contribution in [0.3, 0.4) is 0 Å². The minimum absolute atomic E-state index is 0.274. The highest BCUT2D eigenvalue weighted by molar-refractivity contribution is 5.71. The topological polar surface area (TPSA) is 44.0 Å². The SMILES string of the molecule is Cc1cc(O)ccc1/C=C/c1cccc(C#N)c1. The zero-order valence-corrected chi connectivity index (χ0v) is 10.1. The third kappa shape index (κ3) is 2.78. The molecule has 2 nitrogen and oxygen atoms in total. The second-order valence-electron chi connectivity index (χ2n) is 4.11. The van der Waals surface area contributed by atoms with E-state index in [1.54, 1.807) is 18.2 Å². The Hall–Kier alpha value is -2.53. The third-order valence-electron chi connectivity index (χ3n) is 2.72. The fourth-order valence-corrected chi connectivity index (χ4v) is 1.74. The van der Waals surface area contributed by atoms with Crippen molar-refractivity contribution in [2.75, 3.05) is 0 Å². The van der Waals surface area contributed by atoms with Crippen molar-refractivity contribution >= 4 is 12.2 Å². The van der Waals surface area contributed by atoms with Gasteiger partial charge in [0.1, 0.15) is 5.75 Å². The van der Waals surface area contributed by atoms with E-state index < -0.39 is 0 Å². The van der Waals surface area contributed by atoms with E-state index in [1.165, 1.54) is 0 Å². The van der Waals surface area contributed by atoms with Crippen molar-refractivity contribution < 1.29 is 5.11 Å². The van der Waals surface area contributed by atoms with Gasteiger partial charge in [0.2, 0.25) is 0 Å². The van der Waals surface area contributed by atoms with Crippen molar-refractivity contribution in [3.63, 3.8) is 0 Å². The van der Waals surface area contributed by atoms with E-state index in [2.05, 4.69) is 6.07 Å². The Kier molecular flexibility index (Phi) is 3.45. The summed E-state index contributed by atoms with van der Waals surface area (Å²) in [5, 5.41) is 18.2. The van der Waals surface area contributed by atoms with Crippen LogP contribution in [-0.2, 0) is 0 Å². The number of rotatable bonds is 2. The molecule has 0 aliphatic heterocycles. The summed E-state index contributed by atoms with van der Waals surface area (Å²) in [6.07, 6.45) is 3.94. The highest BCUT2D eigenvalue weighted by Gasteiger charge is 1.96. The summed E-state index contributed by atoms with van der Waals surface area (Å²) in [6.45, 7) is 1.95. The highest BCUT2D eigenvalue weighted by atomic mass is 16.3. The van der Waals surface area contributed by atoms with Crippen molar-refractivity contribution in [1.29, 1.82) is 5.26 Å². The summed E-state index contributed by atoms with van der Waals surface area (Å²) >= 11 is 0. The molecular weight excluding hydrogens is 222 g/mol. The Morgan fingerprint density at radius 1 is 1.11 bits per heavy atom. The molecule has 0 unspecified atom stereocenters. The molecular formula is C16H13NO. The average molecular weight is 235 g/mol. The van der Waals surface area contributed by atoms with Crippen LogP contribution in [-0.4, -0.2) is 5.11 Å². The van der Waals surface area contributed by atoms with Gasteiger partial charge in [0, 0.05) is 0 Å². The van der Waals surface area contributed by atoms with Crippen LogP contribution in [0.2, 0.25) is 0 Å². The predicted molar refractivity (Wildman–Crippen MR) is 72.9 cm³/mol. The van der Waals surface area contributed by atoms with Gasteiger partial charge in [0.15, 0.2) is 0 Å². The number of benzene rings is 2. The van der Waals surface area contributed by atoms with Gasteiger partial charge in [0.25, 0.3) is 0 Å². The van der Waals surface area contributed by atoms with Crippen molar-refractivity contribution in [3.05, 3.63) is 64.7 Å². The molecule has 0 saturated carbocycles. The summed E-state index contributed by atoms with van der Waals surface area (Å²) in [5.74, 6) is 0.274. The Balaban J connectivity index is 2.27. The van der Waals surface area contributed by atoms with Crippen LogP contribution < -0.4 is 0 Å². The van der Waals surface area contributed by atoms with Crippen molar-refractivity contribution in [2.24, 2.45) is 0 Å². The number of nitrogens with zero attached hydrogens (tertiary/aromatic N) is 1. The molecule has 0 spiro atoms. The fourth-order valence-electron chi connectivity index (χ4n) is 1.74. The number of hydrogen-bond acceptors (Lipinski definition) is 2.